The highest BCUT2D eigenvalue weighted by Gasteiger charge is 2.17. The minimum absolute atomic E-state index is 0.0356. The van der Waals surface area contributed by atoms with Gasteiger partial charge in [0.1, 0.15) is 10.6 Å². The molecule has 0 aliphatic carbocycles. The lowest BCUT2D eigenvalue weighted by molar-refractivity contribution is 0.0529. The summed E-state index contributed by atoms with van der Waals surface area (Å²) in [6.07, 6.45) is 0.481. The van der Waals surface area contributed by atoms with Gasteiger partial charge in [-0.3, -0.25) is 4.79 Å². The van der Waals surface area contributed by atoms with Gasteiger partial charge in [0.25, 0.3) is 0 Å². The van der Waals surface area contributed by atoms with Crippen LogP contribution in [0.15, 0.2) is 0 Å². The van der Waals surface area contributed by atoms with E-state index >= 15 is 0 Å². The summed E-state index contributed by atoms with van der Waals surface area (Å²) >= 11 is 6.46. The Morgan fingerprint density at radius 1 is 1.77 bits per heavy atom. The Bertz CT molecular complexity index is 336. The SMILES string of the molecule is CCOC(=O)c1sc(Cl)nc1C=O. The third-order valence-corrected chi connectivity index (χ3v) is 2.36. The molecular weight excluding hydrogens is 214 g/mol. The lowest BCUT2D eigenvalue weighted by atomic mass is 10.4. The number of esters is 1. The smallest absolute Gasteiger partial charge is 0.350 e. The van der Waals surface area contributed by atoms with Crippen LogP contribution in [0.25, 0.3) is 0 Å². The molecule has 13 heavy (non-hydrogen) atoms. The molecule has 0 radical (unpaired) electrons. The fourth-order valence-electron chi connectivity index (χ4n) is 0.728. The second-order valence-corrected chi connectivity index (χ2v) is 3.60. The first-order chi connectivity index (χ1) is 6.19. The van der Waals surface area contributed by atoms with Gasteiger partial charge < -0.3 is 4.74 Å². The molecule has 0 spiro atoms. The van der Waals surface area contributed by atoms with E-state index in [2.05, 4.69) is 4.98 Å². The molecule has 1 heterocycles. The number of aldehydes is 1. The summed E-state index contributed by atoms with van der Waals surface area (Å²) in [4.78, 5) is 25.4. The molecule has 0 aliphatic rings. The predicted octanol–water partition coefficient (Wildman–Crippen LogP) is 1.79. The molecular formula is C7H6ClNO3S. The van der Waals surface area contributed by atoms with Crippen LogP contribution in [0.5, 0.6) is 0 Å². The molecule has 0 atom stereocenters. The molecule has 1 rings (SSSR count). The Balaban J connectivity index is 2.98. The first kappa shape index (κ1) is 10.1. The minimum Gasteiger partial charge on any atom is -0.462 e. The van der Waals surface area contributed by atoms with E-state index in [1.165, 1.54) is 0 Å². The normalized spacial score (nSPS) is 9.69. The fraction of sp³-hybridized carbons (Fsp3) is 0.286. The average Bonchev–Trinajstić information content (AvgIpc) is 2.47. The van der Waals surface area contributed by atoms with E-state index in [0.717, 1.165) is 11.3 Å². The number of hydrogen-bond donors (Lipinski definition) is 0. The molecule has 1 aromatic rings. The number of carbonyl (C=O) groups excluding carboxylic acids is 2. The highest BCUT2D eigenvalue weighted by Crippen LogP contribution is 2.22. The molecule has 0 fully saturated rings. The maximum atomic E-state index is 11.2. The first-order valence-electron chi connectivity index (χ1n) is 3.47. The second kappa shape index (κ2) is 4.34. The predicted molar refractivity (Wildman–Crippen MR) is 48.5 cm³/mol. The topological polar surface area (TPSA) is 56.3 Å². The monoisotopic (exact) mass is 219 g/mol. The van der Waals surface area contributed by atoms with Crippen LogP contribution in [-0.4, -0.2) is 23.8 Å². The lowest BCUT2D eigenvalue weighted by Crippen LogP contribution is -2.05. The molecule has 0 aliphatic heterocycles. The molecule has 70 valence electrons. The van der Waals surface area contributed by atoms with Gasteiger partial charge in [0.2, 0.25) is 0 Å². The van der Waals surface area contributed by atoms with Crippen molar-refractivity contribution < 1.29 is 14.3 Å². The number of rotatable bonds is 3. The number of halogens is 1. The maximum absolute atomic E-state index is 11.2. The standard InChI is InChI=1S/C7H6ClNO3S/c1-2-12-6(11)5-4(3-10)9-7(8)13-5/h3H,2H2,1H3. The van der Waals surface area contributed by atoms with Crippen molar-refractivity contribution in [1.29, 1.82) is 0 Å². The van der Waals surface area contributed by atoms with E-state index in [-0.39, 0.29) is 21.6 Å². The number of nitrogens with zero attached hydrogens (tertiary/aromatic N) is 1. The summed E-state index contributed by atoms with van der Waals surface area (Å²) in [5.74, 6) is -0.561. The van der Waals surface area contributed by atoms with Crippen LogP contribution < -0.4 is 0 Å². The summed E-state index contributed by atoms with van der Waals surface area (Å²) in [5, 5.41) is 0. The van der Waals surface area contributed by atoms with Crippen molar-refractivity contribution in [3.05, 3.63) is 15.0 Å². The molecule has 0 amide bonds. The van der Waals surface area contributed by atoms with E-state index in [1.807, 2.05) is 0 Å². The third kappa shape index (κ3) is 2.26. The zero-order valence-corrected chi connectivity index (χ0v) is 8.32. The Kier molecular flexibility index (Phi) is 3.39. The van der Waals surface area contributed by atoms with Gasteiger partial charge >= 0.3 is 5.97 Å². The zero-order chi connectivity index (χ0) is 9.84. The van der Waals surface area contributed by atoms with Crippen molar-refractivity contribution in [2.75, 3.05) is 6.61 Å². The van der Waals surface area contributed by atoms with Gasteiger partial charge in [0.15, 0.2) is 10.8 Å². The Morgan fingerprint density at radius 3 is 3.00 bits per heavy atom. The van der Waals surface area contributed by atoms with Crippen LogP contribution in [0.1, 0.15) is 27.1 Å². The second-order valence-electron chi connectivity index (χ2n) is 2.02. The number of ether oxygens (including phenoxy) is 1. The zero-order valence-electron chi connectivity index (χ0n) is 6.74. The quantitative estimate of drug-likeness (QED) is 0.575. The highest BCUT2D eigenvalue weighted by molar-refractivity contribution is 7.17. The third-order valence-electron chi connectivity index (χ3n) is 1.20. The molecule has 0 saturated heterocycles. The number of hydrogen-bond acceptors (Lipinski definition) is 5. The molecule has 0 unspecified atom stereocenters. The van der Waals surface area contributed by atoms with Gasteiger partial charge in [-0.1, -0.05) is 22.9 Å². The highest BCUT2D eigenvalue weighted by atomic mass is 35.5. The van der Waals surface area contributed by atoms with Crippen LogP contribution in [0.3, 0.4) is 0 Å². The van der Waals surface area contributed by atoms with Crippen LogP contribution in [0.4, 0.5) is 0 Å². The number of aromatic nitrogens is 1. The summed E-state index contributed by atoms with van der Waals surface area (Å²) in [6, 6.07) is 0. The molecule has 6 heteroatoms. The van der Waals surface area contributed by atoms with E-state index in [0.29, 0.717) is 6.29 Å². The van der Waals surface area contributed by atoms with Crippen LogP contribution in [0.2, 0.25) is 4.47 Å². The van der Waals surface area contributed by atoms with Gasteiger partial charge in [-0.15, -0.1) is 0 Å². The van der Waals surface area contributed by atoms with Crippen molar-refractivity contribution in [1.82, 2.24) is 4.98 Å². The van der Waals surface area contributed by atoms with Gasteiger partial charge in [-0.25, -0.2) is 9.78 Å². The van der Waals surface area contributed by atoms with Crippen molar-refractivity contribution in [2.24, 2.45) is 0 Å². The first-order valence-corrected chi connectivity index (χ1v) is 4.67. The molecule has 4 nitrogen and oxygen atoms in total. The van der Waals surface area contributed by atoms with Gasteiger partial charge in [0.05, 0.1) is 6.61 Å². The van der Waals surface area contributed by atoms with Gasteiger partial charge in [-0.2, -0.15) is 0 Å². The van der Waals surface area contributed by atoms with Crippen molar-refractivity contribution in [2.45, 2.75) is 6.92 Å². The lowest BCUT2D eigenvalue weighted by Gasteiger charge is -1.96. The molecule has 0 N–H and O–H groups in total. The van der Waals surface area contributed by atoms with E-state index in [9.17, 15) is 9.59 Å². The Hall–Kier alpha value is -0.940. The van der Waals surface area contributed by atoms with E-state index < -0.39 is 5.97 Å². The fourth-order valence-corrected chi connectivity index (χ4v) is 1.70. The van der Waals surface area contributed by atoms with Crippen LogP contribution >= 0.6 is 22.9 Å². The van der Waals surface area contributed by atoms with Crippen molar-refractivity contribution >= 4 is 35.2 Å². The van der Waals surface area contributed by atoms with Gasteiger partial charge in [0, 0.05) is 0 Å². The van der Waals surface area contributed by atoms with Crippen molar-refractivity contribution in [3.8, 4) is 0 Å². The molecule has 0 aromatic carbocycles. The Morgan fingerprint density at radius 2 is 2.46 bits per heavy atom. The summed E-state index contributed by atoms with van der Waals surface area (Å²) in [5.41, 5.74) is 0.0356. The average molecular weight is 220 g/mol. The summed E-state index contributed by atoms with van der Waals surface area (Å²) in [7, 11) is 0. The summed E-state index contributed by atoms with van der Waals surface area (Å²) < 4.78 is 4.86. The molecule has 0 saturated carbocycles. The van der Waals surface area contributed by atoms with E-state index in [4.69, 9.17) is 16.3 Å². The van der Waals surface area contributed by atoms with Crippen LogP contribution in [-0.2, 0) is 4.74 Å². The van der Waals surface area contributed by atoms with Crippen LogP contribution in [0, 0.1) is 0 Å². The molecule has 0 bridgehead atoms. The summed E-state index contributed by atoms with van der Waals surface area (Å²) in [6.45, 7) is 1.94. The number of carbonyl (C=O) groups is 2. The largest absolute Gasteiger partial charge is 0.462 e. The van der Waals surface area contributed by atoms with Gasteiger partial charge in [-0.05, 0) is 6.92 Å². The van der Waals surface area contributed by atoms with Crippen molar-refractivity contribution in [3.63, 3.8) is 0 Å². The minimum atomic E-state index is -0.561. The Labute approximate surface area is 83.5 Å². The maximum Gasteiger partial charge on any atom is 0.350 e. The number of thiazole rings is 1. The van der Waals surface area contributed by atoms with E-state index in [1.54, 1.807) is 6.92 Å². The molecule has 1 aromatic heterocycles.